The van der Waals surface area contributed by atoms with Gasteiger partial charge in [-0.15, -0.1) is 0 Å². The van der Waals surface area contributed by atoms with Gasteiger partial charge in [-0.05, 0) is 13.3 Å². The lowest BCUT2D eigenvalue weighted by atomic mass is 10.3. The van der Waals surface area contributed by atoms with Crippen LogP contribution in [0.25, 0.3) is 0 Å². The summed E-state index contributed by atoms with van der Waals surface area (Å²) in [7, 11) is 0. The standard InChI is InChI=1S/C11H19N3O2/c1-3-5-6-12-11(15)9-16-10-7-13-14(4-2)8-10/h7-8H,3-6,9H2,1-2H3,(H,12,15). The van der Waals surface area contributed by atoms with Gasteiger partial charge in [0.25, 0.3) is 5.91 Å². The molecule has 0 fully saturated rings. The molecule has 0 aliphatic carbocycles. The number of rotatable bonds is 7. The number of amides is 1. The van der Waals surface area contributed by atoms with Gasteiger partial charge in [-0.25, -0.2) is 0 Å². The van der Waals surface area contributed by atoms with Gasteiger partial charge >= 0.3 is 0 Å². The molecule has 1 amide bonds. The number of nitrogens with one attached hydrogen (secondary N) is 1. The van der Waals surface area contributed by atoms with Crippen LogP contribution in [-0.2, 0) is 11.3 Å². The summed E-state index contributed by atoms with van der Waals surface area (Å²) in [6, 6.07) is 0. The third-order valence-electron chi connectivity index (χ3n) is 2.16. The van der Waals surface area contributed by atoms with Gasteiger partial charge in [0.15, 0.2) is 12.4 Å². The van der Waals surface area contributed by atoms with Crippen molar-refractivity contribution in [3.63, 3.8) is 0 Å². The number of unbranched alkanes of at least 4 members (excludes halogenated alkanes) is 1. The molecule has 0 aliphatic rings. The summed E-state index contributed by atoms with van der Waals surface area (Å²) in [6.45, 7) is 5.65. The van der Waals surface area contributed by atoms with E-state index in [1.165, 1.54) is 0 Å². The molecule has 1 heterocycles. The Morgan fingerprint density at radius 3 is 3.00 bits per heavy atom. The van der Waals surface area contributed by atoms with Crippen LogP contribution < -0.4 is 10.1 Å². The second-order valence-electron chi connectivity index (χ2n) is 3.52. The molecule has 0 saturated carbocycles. The van der Waals surface area contributed by atoms with Gasteiger partial charge in [0.1, 0.15) is 0 Å². The van der Waals surface area contributed by atoms with Gasteiger partial charge in [0.2, 0.25) is 0 Å². The minimum Gasteiger partial charge on any atom is -0.480 e. The molecule has 1 rings (SSSR count). The third-order valence-corrected chi connectivity index (χ3v) is 2.16. The molecule has 5 nitrogen and oxygen atoms in total. The molecule has 0 spiro atoms. The van der Waals surface area contributed by atoms with E-state index in [0.29, 0.717) is 12.3 Å². The minimum absolute atomic E-state index is 0.0547. The lowest BCUT2D eigenvalue weighted by Gasteiger charge is -2.04. The van der Waals surface area contributed by atoms with Crippen LogP contribution in [0.5, 0.6) is 5.75 Å². The molecule has 0 unspecified atom stereocenters. The largest absolute Gasteiger partial charge is 0.480 e. The number of nitrogens with zero attached hydrogens (tertiary/aromatic N) is 2. The Bertz CT molecular complexity index is 323. The van der Waals surface area contributed by atoms with Gasteiger partial charge in [-0.2, -0.15) is 5.10 Å². The summed E-state index contributed by atoms with van der Waals surface area (Å²) in [4.78, 5) is 11.3. The zero-order chi connectivity index (χ0) is 11.8. The SMILES string of the molecule is CCCCNC(=O)COc1cnn(CC)c1. The third kappa shape index (κ3) is 4.33. The van der Waals surface area contributed by atoms with Gasteiger partial charge < -0.3 is 10.1 Å². The number of aryl methyl sites for hydroxylation is 1. The molecule has 5 heteroatoms. The number of hydrogen-bond donors (Lipinski definition) is 1. The summed E-state index contributed by atoms with van der Waals surface area (Å²) in [5.74, 6) is 0.546. The van der Waals surface area contributed by atoms with E-state index in [0.717, 1.165) is 19.4 Å². The highest BCUT2D eigenvalue weighted by molar-refractivity contribution is 5.77. The topological polar surface area (TPSA) is 56.1 Å². The van der Waals surface area contributed by atoms with Crippen LogP contribution in [-0.4, -0.2) is 28.8 Å². The van der Waals surface area contributed by atoms with Crippen LogP contribution in [0.15, 0.2) is 12.4 Å². The fraction of sp³-hybridized carbons (Fsp3) is 0.636. The highest BCUT2D eigenvalue weighted by Crippen LogP contribution is 2.07. The van der Waals surface area contributed by atoms with Crippen LogP contribution in [0.3, 0.4) is 0 Å². The minimum atomic E-state index is -0.0855. The van der Waals surface area contributed by atoms with Crippen molar-refractivity contribution in [3.05, 3.63) is 12.4 Å². The maximum absolute atomic E-state index is 11.3. The molecule has 1 aromatic heterocycles. The summed E-state index contributed by atoms with van der Waals surface area (Å²) >= 11 is 0. The molecule has 1 aromatic rings. The zero-order valence-corrected chi connectivity index (χ0v) is 9.90. The smallest absolute Gasteiger partial charge is 0.257 e. The molecule has 90 valence electrons. The predicted octanol–water partition coefficient (Wildman–Crippen LogP) is 1.20. The molecule has 16 heavy (non-hydrogen) atoms. The molecule has 0 radical (unpaired) electrons. The summed E-state index contributed by atoms with van der Waals surface area (Å²) in [5, 5.41) is 6.83. The van der Waals surface area contributed by atoms with Crippen molar-refractivity contribution < 1.29 is 9.53 Å². The van der Waals surface area contributed by atoms with Crippen molar-refractivity contribution in [1.82, 2.24) is 15.1 Å². The van der Waals surface area contributed by atoms with Crippen LogP contribution in [0.2, 0.25) is 0 Å². The quantitative estimate of drug-likeness (QED) is 0.709. The highest BCUT2D eigenvalue weighted by atomic mass is 16.5. The first-order chi connectivity index (χ1) is 7.76. The second-order valence-corrected chi connectivity index (χ2v) is 3.52. The van der Waals surface area contributed by atoms with E-state index >= 15 is 0 Å². The number of aromatic nitrogens is 2. The summed E-state index contributed by atoms with van der Waals surface area (Å²) in [6.07, 6.45) is 5.46. The summed E-state index contributed by atoms with van der Waals surface area (Å²) in [5.41, 5.74) is 0. The van der Waals surface area contributed by atoms with E-state index < -0.39 is 0 Å². The van der Waals surface area contributed by atoms with E-state index in [-0.39, 0.29) is 12.5 Å². The molecule has 0 saturated heterocycles. The first kappa shape index (κ1) is 12.5. The summed E-state index contributed by atoms with van der Waals surface area (Å²) < 4.78 is 7.04. The number of carbonyl (C=O) groups excluding carboxylic acids is 1. The van der Waals surface area contributed by atoms with Crippen molar-refractivity contribution in [2.75, 3.05) is 13.2 Å². The van der Waals surface area contributed by atoms with E-state index in [1.54, 1.807) is 17.1 Å². The number of ether oxygens (including phenoxy) is 1. The highest BCUT2D eigenvalue weighted by Gasteiger charge is 2.03. The van der Waals surface area contributed by atoms with E-state index in [2.05, 4.69) is 17.3 Å². The molecule has 0 atom stereocenters. The average Bonchev–Trinajstić information content (AvgIpc) is 2.74. The molecule has 1 N–H and O–H groups in total. The molecule has 0 aliphatic heterocycles. The van der Waals surface area contributed by atoms with Crippen molar-refractivity contribution >= 4 is 5.91 Å². The average molecular weight is 225 g/mol. The molecule has 0 bridgehead atoms. The Hall–Kier alpha value is -1.52. The van der Waals surface area contributed by atoms with Crippen molar-refractivity contribution in [1.29, 1.82) is 0 Å². The first-order valence-corrected chi connectivity index (χ1v) is 5.68. The van der Waals surface area contributed by atoms with Crippen LogP contribution in [0.1, 0.15) is 26.7 Å². The maximum Gasteiger partial charge on any atom is 0.257 e. The maximum atomic E-state index is 11.3. The Morgan fingerprint density at radius 1 is 1.56 bits per heavy atom. The van der Waals surface area contributed by atoms with E-state index in [1.807, 2.05) is 6.92 Å². The van der Waals surface area contributed by atoms with Gasteiger partial charge in [0.05, 0.1) is 12.4 Å². The van der Waals surface area contributed by atoms with Gasteiger partial charge in [0, 0.05) is 13.1 Å². The zero-order valence-electron chi connectivity index (χ0n) is 9.90. The van der Waals surface area contributed by atoms with Crippen molar-refractivity contribution in [2.24, 2.45) is 0 Å². The van der Waals surface area contributed by atoms with Gasteiger partial charge in [-0.3, -0.25) is 9.48 Å². The Labute approximate surface area is 95.8 Å². The Balaban J connectivity index is 2.20. The monoisotopic (exact) mass is 225 g/mol. The lowest BCUT2D eigenvalue weighted by molar-refractivity contribution is -0.123. The number of hydrogen-bond acceptors (Lipinski definition) is 3. The van der Waals surface area contributed by atoms with Crippen LogP contribution >= 0.6 is 0 Å². The van der Waals surface area contributed by atoms with Crippen LogP contribution in [0, 0.1) is 0 Å². The van der Waals surface area contributed by atoms with Crippen molar-refractivity contribution in [2.45, 2.75) is 33.2 Å². The van der Waals surface area contributed by atoms with Crippen molar-refractivity contribution in [3.8, 4) is 5.75 Å². The first-order valence-electron chi connectivity index (χ1n) is 5.68. The predicted molar refractivity (Wildman–Crippen MR) is 61.3 cm³/mol. The Kier molecular flexibility index (Phi) is 5.39. The van der Waals surface area contributed by atoms with E-state index in [9.17, 15) is 4.79 Å². The lowest BCUT2D eigenvalue weighted by Crippen LogP contribution is -2.29. The van der Waals surface area contributed by atoms with Gasteiger partial charge in [-0.1, -0.05) is 13.3 Å². The van der Waals surface area contributed by atoms with Crippen LogP contribution in [0.4, 0.5) is 0 Å². The molecule has 0 aromatic carbocycles. The molecular formula is C11H19N3O2. The Morgan fingerprint density at radius 2 is 2.38 bits per heavy atom. The van der Waals surface area contributed by atoms with E-state index in [4.69, 9.17) is 4.74 Å². The normalized spacial score (nSPS) is 10.1. The fourth-order valence-corrected chi connectivity index (χ4v) is 1.20. The number of carbonyl (C=O) groups is 1. The molecular weight excluding hydrogens is 206 g/mol. The second kappa shape index (κ2) is 6.87. The fourth-order valence-electron chi connectivity index (χ4n) is 1.20.